The molecule has 0 aromatic heterocycles. The number of carbonyl (C=O) groups is 1. The molecular weight excluding hydrogens is 288 g/mol. The van der Waals surface area contributed by atoms with Crippen LogP contribution >= 0.6 is 0 Å². The second-order valence-corrected chi connectivity index (χ2v) is 8.02. The monoisotopic (exact) mass is 314 g/mol. The van der Waals surface area contributed by atoms with Crippen LogP contribution in [0.15, 0.2) is 18.2 Å². The minimum absolute atomic E-state index is 0.104. The second-order valence-electron chi connectivity index (χ2n) is 8.02. The molecule has 0 amide bonds. The average Bonchev–Trinajstić information content (AvgIpc) is 2.83. The van der Waals surface area contributed by atoms with Crippen LogP contribution in [0.1, 0.15) is 63.0 Å². The maximum absolute atomic E-state index is 11.4. The highest BCUT2D eigenvalue weighted by atomic mass is 16.5. The minimum Gasteiger partial charge on any atom is -0.508 e. The number of phenols is 1. The fourth-order valence-electron chi connectivity index (χ4n) is 5.91. The van der Waals surface area contributed by atoms with E-state index >= 15 is 0 Å². The number of fused-ring (bicyclic) bond motifs is 5. The number of carbonyl (C=O) groups excluding carboxylic acids is 1. The number of hydrogen-bond acceptors (Lipinski definition) is 3. The Morgan fingerprint density at radius 2 is 2.09 bits per heavy atom. The number of hydrogen-bond donors (Lipinski definition) is 1. The van der Waals surface area contributed by atoms with E-state index in [1.807, 2.05) is 12.1 Å². The molecule has 0 saturated heterocycles. The Balaban J connectivity index is 1.63. The summed E-state index contributed by atoms with van der Waals surface area (Å²) >= 11 is 0. The molecule has 1 N–H and O–H groups in total. The number of aryl methyl sites for hydroxylation is 1. The van der Waals surface area contributed by atoms with Crippen molar-refractivity contribution in [3.63, 3.8) is 0 Å². The molecule has 3 heteroatoms. The van der Waals surface area contributed by atoms with Gasteiger partial charge >= 0.3 is 5.97 Å². The van der Waals surface area contributed by atoms with Gasteiger partial charge in [-0.3, -0.25) is 4.79 Å². The molecule has 2 saturated carbocycles. The Morgan fingerprint density at radius 1 is 1.26 bits per heavy atom. The Morgan fingerprint density at radius 3 is 2.87 bits per heavy atom. The average molecular weight is 314 g/mol. The van der Waals surface area contributed by atoms with Gasteiger partial charge in [0.25, 0.3) is 0 Å². The zero-order valence-corrected chi connectivity index (χ0v) is 14.0. The van der Waals surface area contributed by atoms with Gasteiger partial charge in [0.2, 0.25) is 0 Å². The SMILES string of the molecule is CC(=O)O[C@@H]1CC[C@H]2C3CCc4cc(O)ccc4[C@H]3CC[C@]12C. The normalized spacial score (nSPS) is 38.3. The van der Waals surface area contributed by atoms with Crippen LogP contribution in [0.4, 0.5) is 0 Å². The van der Waals surface area contributed by atoms with Gasteiger partial charge in [-0.1, -0.05) is 13.0 Å². The first-order chi connectivity index (χ1) is 11.0. The van der Waals surface area contributed by atoms with Crippen LogP contribution in [0.25, 0.3) is 0 Å². The van der Waals surface area contributed by atoms with E-state index in [9.17, 15) is 9.90 Å². The van der Waals surface area contributed by atoms with Gasteiger partial charge in [0.05, 0.1) is 0 Å². The Labute approximate surface area is 138 Å². The number of esters is 1. The molecule has 0 bridgehead atoms. The Kier molecular flexibility index (Phi) is 3.44. The molecule has 1 aromatic carbocycles. The van der Waals surface area contributed by atoms with Crippen molar-refractivity contribution in [3.05, 3.63) is 29.3 Å². The largest absolute Gasteiger partial charge is 0.508 e. The summed E-state index contributed by atoms with van der Waals surface area (Å²) in [7, 11) is 0. The van der Waals surface area contributed by atoms with E-state index in [1.54, 1.807) is 0 Å². The molecule has 4 rings (SSSR count). The lowest BCUT2D eigenvalue weighted by Gasteiger charge is -2.50. The fraction of sp³-hybridized carbons (Fsp3) is 0.650. The van der Waals surface area contributed by atoms with Crippen LogP contribution in [-0.2, 0) is 16.0 Å². The first-order valence-corrected chi connectivity index (χ1v) is 8.98. The first-order valence-electron chi connectivity index (χ1n) is 8.98. The molecule has 0 heterocycles. The number of aromatic hydroxyl groups is 1. The van der Waals surface area contributed by atoms with Crippen LogP contribution in [0.5, 0.6) is 5.75 Å². The summed E-state index contributed by atoms with van der Waals surface area (Å²) in [5.41, 5.74) is 2.95. The quantitative estimate of drug-likeness (QED) is 0.791. The Hall–Kier alpha value is -1.51. The van der Waals surface area contributed by atoms with Gasteiger partial charge in [0.1, 0.15) is 11.9 Å². The number of rotatable bonds is 1. The van der Waals surface area contributed by atoms with Crippen LogP contribution in [-0.4, -0.2) is 17.2 Å². The van der Waals surface area contributed by atoms with Crippen molar-refractivity contribution in [1.82, 2.24) is 0 Å². The molecule has 0 aliphatic heterocycles. The number of benzene rings is 1. The summed E-state index contributed by atoms with van der Waals surface area (Å²) in [5.74, 6) is 2.23. The summed E-state index contributed by atoms with van der Waals surface area (Å²) in [5, 5.41) is 9.75. The van der Waals surface area contributed by atoms with Gasteiger partial charge in [-0.2, -0.15) is 0 Å². The van der Waals surface area contributed by atoms with Gasteiger partial charge in [-0.25, -0.2) is 0 Å². The lowest BCUT2D eigenvalue weighted by atomic mass is 9.55. The molecule has 1 unspecified atom stereocenters. The van der Waals surface area contributed by atoms with E-state index in [-0.39, 0.29) is 17.5 Å². The number of phenolic OH excluding ortho intramolecular Hbond substituents is 1. The third-order valence-electron chi connectivity index (χ3n) is 6.93. The van der Waals surface area contributed by atoms with Crippen LogP contribution < -0.4 is 0 Å². The lowest BCUT2D eigenvalue weighted by molar-refractivity contribution is -0.154. The standard InChI is InChI=1S/C20H26O3/c1-12(21)23-19-8-7-18-17-5-3-13-11-14(22)4-6-15(13)16(17)9-10-20(18,19)2/h4,6,11,16-19,22H,3,5,7-10H2,1-2H3/t16-,17?,18+,19-,20+/m1/s1. The molecule has 124 valence electrons. The van der Waals surface area contributed by atoms with Crippen LogP contribution in [0.3, 0.4) is 0 Å². The highest BCUT2D eigenvalue weighted by Crippen LogP contribution is 2.61. The second kappa shape index (κ2) is 5.25. The maximum Gasteiger partial charge on any atom is 0.302 e. The molecule has 3 aliphatic rings. The topological polar surface area (TPSA) is 46.5 Å². The molecular formula is C20H26O3. The predicted molar refractivity (Wildman–Crippen MR) is 88.3 cm³/mol. The lowest BCUT2D eigenvalue weighted by Crippen LogP contribution is -2.45. The first kappa shape index (κ1) is 15.0. The van der Waals surface area contributed by atoms with Crippen molar-refractivity contribution >= 4 is 5.97 Å². The van der Waals surface area contributed by atoms with E-state index in [0.29, 0.717) is 23.5 Å². The smallest absolute Gasteiger partial charge is 0.302 e. The van der Waals surface area contributed by atoms with E-state index in [0.717, 1.165) is 19.3 Å². The van der Waals surface area contributed by atoms with Crippen molar-refractivity contribution in [1.29, 1.82) is 0 Å². The summed E-state index contributed by atoms with van der Waals surface area (Å²) in [6.07, 6.45) is 6.89. The molecule has 1 aromatic rings. The van der Waals surface area contributed by atoms with Gasteiger partial charge in [0, 0.05) is 12.3 Å². The molecule has 3 nitrogen and oxygen atoms in total. The summed E-state index contributed by atoms with van der Waals surface area (Å²) in [6, 6.07) is 5.93. The van der Waals surface area contributed by atoms with Crippen molar-refractivity contribution in [2.24, 2.45) is 17.3 Å². The van der Waals surface area contributed by atoms with Crippen molar-refractivity contribution in [2.45, 2.75) is 64.4 Å². The van der Waals surface area contributed by atoms with E-state index in [1.165, 1.54) is 37.3 Å². The van der Waals surface area contributed by atoms with Gasteiger partial charge in [-0.15, -0.1) is 0 Å². The summed E-state index contributed by atoms with van der Waals surface area (Å²) < 4.78 is 5.68. The van der Waals surface area contributed by atoms with Gasteiger partial charge < -0.3 is 9.84 Å². The molecule has 3 aliphatic carbocycles. The molecule has 0 spiro atoms. The highest BCUT2D eigenvalue weighted by molar-refractivity contribution is 5.66. The number of ether oxygens (including phenoxy) is 1. The van der Waals surface area contributed by atoms with Crippen molar-refractivity contribution in [3.8, 4) is 5.75 Å². The van der Waals surface area contributed by atoms with Crippen LogP contribution in [0, 0.1) is 17.3 Å². The predicted octanol–water partition coefficient (Wildman–Crippen LogP) is 4.18. The zero-order valence-electron chi connectivity index (χ0n) is 14.0. The fourth-order valence-corrected chi connectivity index (χ4v) is 5.91. The van der Waals surface area contributed by atoms with Crippen LogP contribution in [0.2, 0.25) is 0 Å². The third kappa shape index (κ3) is 2.28. The van der Waals surface area contributed by atoms with Crippen molar-refractivity contribution < 1.29 is 14.6 Å². The minimum atomic E-state index is -0.136. The van der Waals surface area contributed by atoms with E-state index < -0.39 is 0 Å². The van der Waals surface area contributed by atoms with Crippen molar-refractivity contribution in [2.75, 3.05) is 0 Å². The van der Waals surface area contributed by atoms with E-state index in [4.69, 9.17) is 4.74 Å². The molecule has 23 heavy (non-hydrogen) atoms. The summed E-state index contributed by atoms with van der Waals surface area (Å²) in [4.78, 5) is 11.4. The van der Waals surface area contributed by atoms with Gasteiger partial charge in [-0.05, 0) is 79.5 Å². The Bertz CT molecular complexity index is 638. The third-order valence-corrected chi connectivity index (χ3v) is 6.93. The highest BCUT2D eigenvalue weighted by Gasteiger charge is 2.56. The van der Waals surface area contributed by atoms with E-state index in [2.05, 4.69) is 13.0 Å². The maximum atomic E-state index is 11.4. The molecule has 5 atom stereocenters. The van der Waals surface area contributed by atoms with Gasteiger partial charge in [0.15, 0.2) is 0 Å². The summed E-state index contributed by atoms with van der Waals surface area (Å²) in [6.45, 7) is 3.88. The molecule has 0 radical (unpaired) electrons. The molecule has 2 fully saturated rings. The zero-order chi connectivity index (χ0) is 16.2.